The van der Waals surface area contributed by atoms with E-state index in [9.17, 15) is 4.79 Å². The molecule has 7 nitrogen and oxygen atoms in total. The Labute approximate surface area is 182 Å². The summed E-state index contributed by atoms with van der Waals surface area (Å²) in [5, 5.41) is 9.43. The Morgan fingerprint density at radius 2 is 2.00 bits per heavy atom. The molecule has 0 unspecified atom stereocenters. The number of benzene rings is 2. The van der Waals surface area contributed by atoms with E-state index >= 15 is 0 Å². The van der Waals surface area contributed by atoms with Gasteiger partial charge in [0.25, 0.3) is 0 Å². The highest BCUT2D eigenvalue weighted by molar-refractivity contribution is 8.00. The van der Waals surface area contributed by atoms with Crippen LogP contribution in [-0.2, 0) is 4.79 Å². The summed E-state index contributed by atoms with van der Waals surface area (Å²) in [6.07, 6.45) is 3.17. The lowest BCUT2D eigenvalue weighted by Crippen LogP contribution is -2.15. The van der Waals surface area contributed by atoms with Gasteiger partial charge < -0.3 is 10.1 Å². The number of nitrogens with zero attached hydrogens (tertiary/aromatic N) is 4. The van der Waals surface area contributed by atoms with Crippen LogP contribution in [-0.4, -0.2) is 38.5 Å². The number of nitrogens with one attached hydrogen (secondary N) is 1. The molecule has 0 saturated heterocycles. The highest BCUT2D eigenvalue weighted by Crippen LogP contribution is 2.28. The summed E-state index contributed by atoms with van der Waals surface area (Å²) in [5.41, 5.74) is 3.18. The quantitative estimate of drug-likeness (QED) is 0.351. The van der Waals surface area contributed by atoms with Gasteiger partial charge in [-0.15, -0.1) is 0 Å². The Bertz CT molecular complexity index is 1210. The number of methoxy groups -OCH3 is 1. The van der Waals surface area contributed by atoms with Crippen molar-refractivity contribution in [2.75, 3.05) is 18.2 Å². The van der Waals surface area contributed by atoms with Gasteiger partial charge in [0, 0.05) is 5.02 Å². The minimum Gasteiger partial charge on any atom is -0.495 e. The second kappa shape index (κ2) is 8.73. The van der Waals surface area contributed by atoms with Crippen LogP contribution < -0.4 is 10.1 Å². The molecule has 0 atom stereocenters. The summed E-state index contributed by atoms with van der Waals surface area (Å²) in [4.78, 5) is 21.2. The highest BCUT2D eigenvalue weighted by Gasteiger charge is 2.14. The number of rotatable bonds is 6. The van der Waals surface area contributed by atoms with Crippen molar-refractivity contribution in [3.05, 3.63) is 65.6 Å². The fraction of sp³-hybridized carbons (Fsp3) is 0.143. The van der Waals surface area contributed by atoms with Crippen LogP contribution in [0.4, 0.5) is 5.69 Å². The fourth-order valence-corrected chi connectivity index (χ4v) is 3.84. The highest BCUT2D eigenvalue weighted by atomic mass is 35.5. The lowest BCUT2D eigenvalue weighted by atomic mass is 10.2. The van der Waals surface area contributed by atoms with Crippen LogP contribution in [0.15, 0.2) is 60.0 Å². The van der Waals surface area contributed by atoms with Gasteiger partial charge in [-0.1, -0.05) is 29.4 Å². The Kier molecular flexibility index (Phi) is 5.87. The molecular formula is C21H18ClN5O2S. The van der Waals surface area contributed by atoms with E-state index in [-0.39, 0.29) is 11.7 Å². The first-order valence-electron chi connectivity index (χ1n) is 9.07. The van der Waals surface area contributed by atoms with Crippen molar-refractivity contribution in [3.63, 3.8) is 0 Å². The molecule has 1 N–H and O–H groups in total. The Morgan fingerprint density at radius 1 is 1.20 bits per heavy atom. The number of hydrogen-bond donors (Lipinski definition) is 1. The van der Waals surface area contributed by atoms with Crippen LogP contribution in [0.3, 0.4) is 0 Å². The third-order valence-corrected chi connectivity index (χ3v) is 5.63. The predicted molar refractivity (Wildman–Crippen MR) is 119 cm³/mol. The first kappa shape index (κ1) is 20.2. The lowest BCUT2D eigenvalue weighted by molar-refractivity contribution is -0.113. The van der Waals surface area contributed by atoms with E-state index in [1.807, 2.05) is 37.3 Å². The predicted octanol–water partition coefficient (Wildman–Crippen LogP) is 4.52. The summed E-state index contributed by atoms with van der Waals surface area (Å²) >= 11 is 7.30. The van der Waals surface area contributed by atoms with E-state index < -0.39 is 0 Å². The Hall–Kier alpha value is -3.10. The maximum Gasteiger partial charge on any atom is 0.234 e. The molecule has 0 fully saturated rings. The molecule has 4 rings (SSSR count). The minimum absolute atomic E-state index is 0.152. The van der Waals surface area contributed by atoms with Crippen molar-refractivity contribution in [1.82, 2.24) is 19.7 Å². The van der Waals surface area contributed by atoms with Crippen LogP contribution in [0.25, 0.3) is 16.7 Å². The van der Waals surface area contributed by atoms with Crippen LogP contribution in [0.1, 0.15) is 5.56 Å². The number of amides is 1. The molecule has 0 bridgehead atoms. The third kappa shape index (κ3) is 4.24. The second-order valence-corrected chi connectivity index (χ2v) is 7.89. The molecule has 0 aliphatic heterocycles. The first-order chi connectivity index (χ1) is 14.5. The van der Waals surface area contributed by atoms with Gasteiger partial charge in [0.05, 0.1) is 35.8 Å². The monoisotopic (exact) mass is 439 g/mol. The summed E-state index contributed by atoms with van der Waals surface area (Å²) in [7, 11) is 1.57. The van der Waals surface area contributed by atoms with Crippen molar-refractivity contribution >= 4 is 46.0 Å². The summed E-state index contributed by atoms with van der Waals surface area (Å²) in [6.45, 7) is 1.96. The number of fused-ring (bicyclic) bond motifs is 1. The normalized spacial score (nSPS) is 10.9. The average molecular weight is 440 g/mol. The zero-order valence-electron chi connectivity index (χ0n) is 16.3. The average Bonchev–Trinajstić information content (AvgIpc) is 3.18. The summed E-state index contributed by atoms with van der Waals surface area (Å²) < 4.78 is 7.03. The number of aromatic nitrogens is 4. The fourth-order valence-electron chi connectivity index (χ4n) is 2.95. The number of carbonyl (C=O) groups is 1. The van der Waals surface area contributed by atoms with Crippen molar-refractivity contribution in [3.8, 4) is 11.4 Å². The van der Waals surface area contributed by atoms with Gasteiger partial charge in [-0.25, -0.2) is 14.6 Å². The molecule has 0 spiro atoms. The van der Waals surface area contributed by atoms with E-state index in [1.54, 1.807) is 30.1 Å². The zero-order valence-corrected chi connectivity index (χ0v) is 17.9. The number of anilines is 1. The van der Waals surface area contributed by atoms with E-state index in [4.69, 9.17) is 16.3 Å². The van der Waals surface area contributed by atoms with Crippen LogP contribution in [0.5, 0.6) is 5.75 Å². The van der Waals surface area contributed by atoms with Gasteiger partial charge in [-0.3, -0.25) is 4.79 Å². The topological polar surface area (TPSA) is 81.9 Å². The molecule has 0 saturated carbocycles. The number of halogens is 1. The molecule has 2 heterocycles. The van der Waals surface area contributed by atoms with Gasteiger partial charge in [-0.05, 0) is 48.9 Å². The van der Waals surface area contributed by atoms with E-state index in [0.29, 0.717) is 27.1 Å². The van der Waals surface area contributed by atoms with Crippen LogP contribution in [0, 0.1) is 6.92 Å². The van der Waals surface area contributed by atoms with Crippen molar-refractivity contribution in [2.45, 2.75) is 11.9 Å². The molecule has 0 radical (unpaired) electrons. The summed E-state index contributed by atoms with van der Waals surface area (Å²) in [5.74, 6) is 0.656. The van der Waals surface area contributed by atoms with Crippen LogP contribution >= 0.6 is 23.4 Å². The minimum atomic E-state index is -0.152. The molecule has 152 valence electrons. The van der Waals surface area contributed by atoms with Gasteiger partial charge in [0.15, 0.2) is 5.65 Å². The van der Waals surface area contributed by atoms with Gasteiger partial charge in [0.1, 0.15) is 17.1 Å². The van der Waals surface area contributed by atoms with Gasteiger partial charge >= 0.3 is 0 Å². The molecule has 30 heavy (non-hydrogen) atoms. The van der Waals surface area contributed by atoms with E-state index in [0.717, 1.165) is 16.6 Å². The van der Waals surface area contributed by atoms with Crippen molar-refractivity contribution in [1.29, 1.82) is 0 Å². The Morgan fingerprint density at radius 3 is 2.77 bits per heavy atom. The molecular weight excluding hydrogens is 422 g/mol. The third-order valence-electron chi connectivity index (χ3n) is 4.37. The van der Waals surface area contributed by atoms with Crippen molar-refractivity contribution in [2.24, 2.45) is 0 Å². The molecule has 0 aliphatic carbocycles. The Balaban J connectivity index is 1.51. The number of aryl methyl sites for hydroxylation is 1. The standard InChI is InChI=1S/C21H18ClN5O2S/c1-13-3-8-18(29-2)17(9-13)26-19(28)11-30-21-16-10-25-27(20(16)23-12-24-21)15-6-4-14(22)5-7-15/h3-10,12H,11H2,1-2H3,(H,26,28). The molecule has 0 aliphatic rings. The largest absolute Gasteiger partial charge is 0.495 e. The smallest absolute Gasteiger partial charge is 0.234 e. The van der Waals surface area contributed by atoms with Gasteiger partial charge in [-0.2, -0.15) is 5.10 Å². The number of ether oxygens (including phenoxy) is 1. The number of carbonyl (C=O) groups excluding carboxylic acids is 1. The number of thioether (sulfide) groups is 1. The molecule has 2 aromatic carbocycles. The molecule has 1 amide bonds. The lowest BCUT2D eigenvalue weighted by Gasteiger charge is -2.11. The SMILES string of the molecule is COc1ccc(C)cc1NC(=O)CSc1ncnc2c1cnn2-c1ccc(Cl)cc1. The van der Waals surface area contributed by atoms with Gasteiger partial charge in [0.2, 0.25) is 5.91 Å². The maximum atomic E-state index is 12.5. The maximum absolute atomic E-state index is 12.5. The van der Waals surface area contributed by atoms with E-state index in [2.05, 4.69) is 20.4 Å². The number of hydrogen-bond acceptors (Lipinski definition) is 6. The first-order valence-corrected chi connectivity index (χ1v) is 10.4. The second-order valence-electron chi connectivity index (χ2n) is 6.49. The molecule has 2 aromatic heterocycles. The summed E-state index contributed by atoms with van der Waals surface area (Å²) in [6, 6.07) is 13.0. The van der Waals surface area contributed by atoms with E-state index in [1.165, 1.54) is 18.1 Å². The molecule has 9 heteroatoms. The zero-order chi connectivity index (χ0) is 21.1. The molecule has 4 aromatic rings. The van der Waals surface area contributed by atoms with Crippen LogP contribution in [0.2, 0.25) is 5.02 Å². The van der Waals surface area contributed by atoms with Crippen molar-refractivity contribution < 1.29 is 9.53 Å².